The van der Waals surface area contributed by atoms with Crippen molar-refractivity contribution in [2.75, 3.05) is 4.90 Å². The van der Waals surface area contributed by atoms with E-state index in [1.165, 1.54) is 12.1 Å². The van der Waals surface area contributed by atoms with E-state index in [1.54, 1.807) is 21.9 Å². The number of rotatable bonds is 6. The van der Waals surface area contributed by atoms with Gasteiger partial charge in [-0.05, 0) is 23.3 Å². The lowest BCUT2D eigenvalue weighted by atomic mass is 10.1. The van der Waals surface area contributed by atoms with Crippen molar-refractivity contribution in [3.05, 3.63) is 142 Å². The summed E-state index contributed by atoms with van der Waals surface area (Å²) in [5, 5.41) is 11.2. The molecule has 7 nitrogen and oxygen atoms in total. The minimum atomic E-state index is -0.632. The van der Waals surface area contributed by atoms with Crippen molar-refractivity contribution in [3.8, 4) is 0 Å². The van der Waals surface area contributed by atoms with Crippen LogP contribution in [0.1, 0.15) is 22.9 Å². The molecule has 0 bridgehead atoms. The largest absolute Gasteiger partial charge is 0.332 e. The smallest absolute Gasteiger partial charge is 0.273 e. The number of amidine groups is 1. The summed E-state index contributed by atoms with van der Waals surface area (Å²) in [6, 6.07) is 34.7. The summed E-state index contributed by atoms with van der Waals surface area (Å²) in [4.78, 5) is 33.2. The second kappa shape index (κ2) is 9.61. The van der Waals surface area contributed by atoms with Crippen LogP contribution in [0.5, 0.6) is 0 Å². The highest BCUT2D eigenvalue weighted by atomic mass is 16.6. The normalized spacial score (nSPS) is 15.6. The third-order valence-corrected chi connectivity index (χ3v) is 5.83. The Morgan fingerprint density at radius 3 is 1.94 bits per heavy atom. The Morgan fingerprint density at radius 2 is 1.34 bits per heavy atom. The molecule has 0 aromatic heterocycles. The van der Waals surface area contributed by atoms with Crippen LogP contribution in [0.2, 0.25) is 0 Å². The number of carbonyl (C=O) groups is 1. The first-order valence-electron chi connectivity index (χ1n) is 11.2. The van der Waals surface area contributed by atoms with Crippen LogP contribution in [0.3, 0.4) is 0 Å². The third-order valence-electron chi connectivity index (χ3n) is 5.83. The molecule has 0 aliphatic carbocycles. The Hall–Kier alpha value is -4.78. The van der Waals surface area contributed by atoms with Crippen LogP contribution >= 0.6 is 0 Å². The van der Waals surface area contributed by atoms with E-state index in [0.717, 1.165) is 16.7 Å². The molecule has 1 atom stereocenters. The lowest BCUT2D eigenvalue weighted by molar-refractivity contribution is -0.384. The molecule has 7 heteroatoms. The number of benzene rings is 4. The fraction of sp³-hybridized carbons (Fsp3) is 0.0714. The predicted octanol–water partition coefficient (Wildman–Crippen LogP) is 6.18. The summed E-state index contributed by atoms with van der Waals surface area (Å²) in [6.07, 6.45) is -0.632. The van der Waals surface area contributed by atoms with Gasteiger partial charge in [0.1, 0.15) is 5.84 Å². The fourth-order valence-electron chi connectivity index (χ4n) is 4.13. The number of hydrogen-bond donors (Lipinski definition) is 0. The molecule has 0 radical (unpaired) electrons. The number of aliphatic imine (C=N–C) groups is 1. The number of carbonyl (C=O) groups excluding carboxylic acids is 1. The molecule has 1 heterocycles. The molecule has 1 aliphatic heterocycles. The minimum absolute atomic E-state index is 0.0379. The van der Waals surface area contributed by atoms with Crippen molar-refractivity contribution in [1.82, 2.24) is 4.90 Å². The molecular weight excluding hydrogens is 440 g/mol. The summed E-state index contributed by atoms with van der Waals surface area (Å²) < 4.78 is 0. The van der Waals surface area contributed by atoms with E-state index >= 15 is 0 Å². The maximum absolute atomic E-state index is 14.2. The molecule has 35 heavy (non-hydrogen) atoms. The summed E-state index contributed by atoms with van der Waals surface area (Å²) in [5.41, 5.74) is 3.13. The second-order valence-electron chi connectivity index (χ2n) is 8.10. The molecule has 0 N–H and O–H groups in total. The zero-order valence-electron chi connectivity index (χ0n) is 18.8. The number of nitro groups is 1. The maximum atomic E-state index is 14.2. The highest BCUT2D eigenvalue weighted by Crippen LogP contribution is 2.35. The van der Waals surface area contributed by atoms with Gasteiger partial charge >= 0.3 is 6.03 Å². The molecule has 4 aromatic carbocycles. The topological polar surface area (TPSA) is 79.0 Å². The van der Waals surface area contributed by atoms with Crippen molar-refractivity contribution in [3.63, 3.8) is 0 Å². The monoisotopic (exact) mass is 462 g/mol. The zero-order chi connectivity index (χ0) is 24.2. The number of urea groups is 1. The fourth-order valence-corrected chi connectivity index (χ4v) is 4.13. The van der Waals surface area contributed by atoms with Crippen LogP contribution in [-0.4, -0.2) is 21.7 Å². The number of nitrogens with zero attached hydrogens (tertiary/aromatic N) is 4. The first-order valence-corrected chi connectivity index (χ1v) is 11.2. The molecule has 4 aromatic rings. The van der Waals surface area contributed by atoms with Crippen LogP contribution in [0.4, 0.5) is 16.2 Å². The molecule has 0 spiro atoms. The van der Waals surface area contributed by atoms with Crippen LogP contribution in [0, 0.1) is 10.1 Å². The molecule has 0 saturated heterocycles. The van der Waals surface area contributed by atoms with E-state index in [4.69, 9.17) is 4.99 Å². The highest BCUT2D eigenvalue weighted by Gasteiger charge is 2.38. The van der Waals surface area contributed by atoms with Crippen molar-refractivity contribution in [2.45, 2.75) is 12.7 Å². The van der Waals surface area contributed by atoms with Gasteiger partial charge in [-0.1, -0.05) is 91.0 Å². The Balaban J connectivity index is 1.67. The van der Waals surface area contributed by atoms with Crippen molar-refractivity contribution in [2.24, 2.45) is 4.99 Å². The molecule has 2 amide bonds. The van der Waals surface area contributed by atoms with Crippen LogP contribution in [0.15, 0.2) is 120 Å². The highest BCUT2D eigenvalue weighted by molar-refractivity contribution is 6.13. The minimum Gasteiger partial charge on any atom is -0.273 e. The number of amides is 2. The molecule has 1 unspecified atom stereocenters. The molecule has 0 fully saturated rings. The van der Waals surface area contributed by atoms with Gasteiger partial charge in [0.05, 0.1) is 11.5 Å². The van der Waals surface area contributed by atoms with E-state index < -0.39 is 11.1 Å². The summed E-state index contributed by atoms with van der Waals surface area (Å²) in [7, 11) is 0. The molecular formula is C28H22N4O3. The summed E-state index contributed by atoms with van der Waals surface area (Å²) in [6.45, 7) is 0.332. The van der Waals surface area contributed by atoms with Gasteiger partial charge in [-0.2, -0.15) is 0 Å². The number of hydrogen-bond acceptors (Lipinski definition) is 4. The lowest BCUT2D eigenvalue weighted by Crippen LogP contribution is -2.51. The van der Waals surface area contributed by atoms with Gasteiger partial charge in [-0.15, -0.1) is 0 Å². The molecule has 1 aliphatic rings. The average Bonchev–Trinajstić information content (AvgIpc) is 2.91. The Morgan fingerprint density at radius 1 is 0.771 bits per heavy atom. The summed E-state index contributed by atoms with van der Waals surface area (Å²) >= 11 is 0. The van der Waals surface area contributed by atoms with Gasteiger partial charge < -0.3 is 0 Å². The maximum Gasteiger partial charge on any atom is 0.332 e. The van der Waals surface area contributed by atoms with Gasteiger partial charge in [0.25, 0.3) is 5.69 Å². The van der Waals surface area contributed by atoms with Crippen molar-refractivity contribution >= 4 is 23.2 Å². The van der Waals surface area contributed by atoms with Crippen LogP contribution < -0.4 is 4.90 Å². The second-order valence-corrected chi connectivity index (χ2v) is 8.10. The summed E-state index contributed by atoms with van der Waals surface area (Å²) in [5.74, 6) is 0.575. The van der Waals surface area contributed by atoms with Gasteiger partial charge in [0, 0.05) is 23.4 Å². The van der Waals surface area contributed by atoms with Gasteiger partial charge in [0.15, 0.2) is 6.17 Å². The van der Waals surface area contributed by atoms with Gasteiger partial charge in [-0.25, -0.2) is 9.79 Å². The van der Waals surface area contributed by atoms with E-state index in [2.05, 4.69) is 0 Å². The third kappa shape index (κ3) is 4.52. The molecule has 0 saturated carbocycles. The first kappa shape index (κ1) is 22.0. The van der Waals surface area contributed by atoms with E-state index in [9.17, 15) is 14.9 Å². The quantitative estimate of drug-likeness (QED) is 0.253. The van der Waals surface area contributed by atoms with E-state index in [-0.39, 0.29) is 11.7 Å². The lowest BCUT2D eigenvalue weighted by Gasteiger charge is -2.40. The number of nitro benzene ring substituents is 1. The van der Waals surface area contributed by atoms with E-state index in [0.29, 0.717) is 18.1 Å². The standard InChI is InChI=1S/C28H22N4O3/c33-28-30(20-21-10-4-1-5-11-21)26(22-12-6-2-7-13-22)29-27(23-14-8-3-9-15-23)31(28)24-16-18-25(19-17-24)32(34)35/h1-19,27H,20H2. The van der Waals surface area contributed by atoms with Crippen LogP contribution in [0.25, 0.3) is 0 Å². The van der Waals surface area contributed by atoms with Crippen molar-refractivity contribution < 1.29 is 9.72 Å². The number of non-ortho nitro benzene ring substituents is 1. The molecule has 5 rings (SSSR count). The Bertz CT molecular complexity index is 1360. The average molecular weight is 463 g/mol. The van der Waals surface area contributed by atoms with E-state index in [1.807, 2.05) is 91.0 Å². The van der Waals surface area contributed by atoms with Gasteiger partial charge in [-0.3, -0.25) is 19.9 Å². The Labute approximate surface area is 202 Å². The predicted molar refractivity (Wildman–Crippen MR) is 135 cm³/mol. The SMILES string of the molecule is O=C1N(Cc2ccccc2)C(c2ccccc2)=NC(c2ccccc2)N1c1ccc([N+](=O)[O-])cc1. The van der Waals surface area contributed by atoms with Gasteiger partial charge in [0.2, 0.25) is 0 Å². The van der Waals surface area contributed by atoms with Crippen LogP contribution in [-0.2, 0) is 6.54 Å². The first-order chi connectivity index (χ1) is 17.1. The van der Waals surface area contributed by atoms with Crippen molar-refractivity contribution in [1.29, 1.82) is 0 Å². The number of anilines is 1. The Kier molecular flexibility index (Phi) is 6.05. The molecule has 172 valence electrons. The zero-order valence-corrected chi connectivity index (χ0v) is 18.8.